The Morgan fingerprint density at radius 1 is 1.03 bits per heavy atom. The minimum absolute atomic E-state index is 0.0285. The van der Waals surface area contributed by atoms with Crippen molar-refractivity contribution in [1.29, 1.82) is 0 Å². The van der Waals surface area contributed by atoms with Crippen LogP contribution >= 0.6 is 11.8 Å². The molecule has 3 aromatic rings. The molecule has 1 amide bonds. The topological polar surface area (TPSA) is 77.7 Å². The van der Waals surface area contributed by atoms with Gasteiger partial charge in [0.2, 0.25) is 5.91 Å². The van der Waals surface area contributed by atoms with E-state index in [2.05, 4.69) is 35.1 Å². The van der Waals surface area contributed by atoms with Crippen molar-refractivity contribution in [3.63, 3.8) is 0 Å². The second-order valence-electron chi connectivity index (χ2n) is 7.64. The molecule has 2 saturated heterocycles. The van der Waals surface area contributed by atoms with Crippen LogP contribution in [0.3, 0.4) is 0 Å². The molecular formula is C23H23N3O3S. The Labute approximate surface area is 179 Å². The number of hydrogen-bond acceptors (Lipinski definition) is 6. The highest BCUT2D eigenvalue weighted by molar-refractivity contribution is 7.98. The Balaban J connectivity index is 1.57. The SMILES string of the molecule is CSc1ccc(C2C3C(NNC3c3ccccc3O)C(=O)N2Cc2ccco2)cc1. The van der Waals surface area contributed by atoms with Crippen LogP contribution in [0.15, 0.2) is 76.2 Å². The lowest BCUT2D eigenvalue weighted by Gasteiger charge is -2.31. The van der Waals surface area contributed by atoms with Crippen LogP contribution in [-0.2, 0) is 11.3 Å². The minimum atomic E-state index is -0.380. The zero-order valence-corrected chi connectivity index (χ0v) is 17.3. The molecule has 0 saturated carbocycles. The number of carbonyl (C=O) groups excluding carboxylic acids is 1. The highest BCUT2D eigenvalue weighted by Gasteiger charge is 2.55. The number of aromatic hydroxyl groups is 1. The molecule has 0 bridgehead atoms. The summed E-state index contributed by atoms with van der Waals surface area (Å²) in [6.45, 7) is 0.406. The predicted octanol–water partition coefficient (Wildman–Crippen LogP) is 3.62. The van der Waals surface area contributed by atoms with Gasteiger partial charge in [-0.05, 0) is 42.2 Å². The molecule has 0 radical (unpaired) electrons. The zero-order valence-electron chi connectivity index (χ0n) is 16.5. The maximum atomic E-state index is 13.4. The number of para-hydroxylation sites is 1. The Morgan fingerprint density at radius 2 is 1.80 bits per heavy atom. The summed E-state index contributed by atoms with van der Waals surface area (Å²) in [5.74, 6) is 0.925. The van der Waals surface area contributed by atoms with E-state index in [1.807, 2.05) is 35.4 Å². The Morgan fingerprint density at radius 3 is 2.50 bits per heavy atom. The van der Waals surface area contributed by atoms with Gasteiger partial charge in [0.1, 0.15) is 17.6 Å². The van der Waals surface area contributed by atoms with Crippen molar-refractivity contribution < 1.29 is 14.3 Å². The van der Waals surface area contributed by atoms with E-state index in [4.69, 9.17) is 4.42 Å². The van der Waals surface area contributed by atoms with Gasteiger partial charge in [-0.2, -0.15) is 0 Å². The van der Waals surface area contributed by atoms with Gasteiger partial charge in [-0.3, -0.25) is 4.79 Å². The highest BCUT2D eigenvalue weighted by atomic mass is 32.2. The molecule has 3 N–H and O–H groups in total. The molecule has 2 fully saturated rings. The first-order valence-electron chi connectivity index (χ1n) is 9.93. The summed E-state index contributed by atoms with van der Waals surface area (Å²) in [5.41, 5.74) is 8.31. The van der Waals surface area contributed by atoms with Crippen LogP contribution in [0.25, 0.3) is 0 Å². The summed E-state index contributed by atoms with van der Waals surface area (Å²) in [6, 6.07) is 18.7. The Hall–Kier alpha value is -2.74. The van der Waals surface area contributed by atoms with Crippen molar-refractivity contribution in [3.8, 4) is 5.75 Å². The van der Waals surface area contributed by atoms with E-state index < -0.39 is 0 Å². The molecule has 1 aromatic heterocycles. The number of phenols is 1. The molecule has 6 nitrogen and oxygen atoms in total. The predicted molar refractivity (Wildman–Crippen MR) is 115 cm³/mol. The second kappa shape index (κ2) is 7.83. The molecule has 4 unspecified atom stereocenters. The lowest BCUT2D eigenvalue weighted by atomic mass is 9.83. The van der Waals surface area contributed by atoms with Crippen molar-refractivity contribution in [2.75, 3.05) is 6.26 Å². The number of phenolic OH excluding ortho intramolecular Hbond substituents is 1. The van der Waals surface area contributed by atoms with Gasteiger partial charge < -0.3 is 14.4 Å². The lowest BCUT2D eigenvalue weighted by Crippen LogP contribution is -2.41. The van der Waals surface area contributed by atoms with Crippen molar-refractivity contribution in [1.82, 2.24) is 15.8 Å². The standard InChI is InChI=1S/C23H23N3O3S/c1-30-16-10-8-14(9-11-16)22-19-20(17-6-2-3-7-18(17)27)24-25-21(19)23(28)26(22)13-15-5-4-12-29-15/h2-12,19-22,24-25,27H,13H2,1H3. The van der Waals surface area contributed by atoms with Crippen molar-refractivity contribution in [2.45, 2.75) is 29.6 Å². The summed E-state index contributed by atoms with van der Waals surface area (Å²) in [6.07, 6.45) is 3.68. The fourth-order valence-electron chi connectivity index (χ4n) is 4.66. The van der Waals surface area contributed by atoms with Gasteiger partial charge >= 0.3 is 0 Å². The minimum Gasteiger partial charge on any atom is -0.508 e. The third-order valence-corrected chi connectivity index (χ3v) is 6.79. The number of benzene rings is 2. The van der Waals surface area contributed by atoms with E-state index in [1.165, 1.54) is 4.90 Å². The van der Waals surface area contributed by atoms with Crippen molar-refractivity contribution in [3.05, 3.63) is 83.8 Å². The smallest absolute Gasteiger partial charge is 0.242 e. The van der Waals surface area contributed by atoms with Gasteiger partial charge in [-0.25, -0.2) is 10.9 Å². The molecule has 2 aromatic carbocycles. The number of amides is 1. The summed E-state index contributed by atoms with van der Waals surface area (Å²) in [7, 11) is 0. The lowest BCUT2D eigenvalue weighted by molar-refractivity contribution is -0.131. The summed E-state index contributed by atoms with van der Waals surface area (Å²) >= 11 is 1.69. The van der Waals surface area contributed by atoms with Crippen LogP contribution < -0.4 is 10.9 Å². The van der Waals surface area contributed by atoms with Crippen LogP contribution in [0.2, 0.25) is 0 Å². The first-order valence-corrected chi connectivity index (χ1v) is 11.2. The van der Waals surface area contributed by atoms with Crippen LogP contribution in [0.5, 0.6) is 5.75 Å². The van der Waals surface area contributed by atoms with Crippen LogP contribution in [0, 0.1) is 5.92 Å². The van der Waals surface area contributed by atoms with E-state index in [0.717, 1.165) is 16.9 Å². The fourth-order valence-corrected chi connectivity index (χ4v) is 5.07. The van der Waals surface area contributed by atoms with Gasteiger partial charge in [-0.15, -0.1) is 11.8 Å². The molecule has 0 spiro atoms. The third kappa shape index (κ3) is 3.19. The summed E-state index contributed by atoms with van der Waals surface area (Å²) < 4.78 is 5.54. The average Bonchev–Trinajstić information content (AvgIpc) is 3.49. The monoisotopic (exact) mass is 421 g/mol. The quantitative estimate of drug-likeness (QED) is 0.546. The number of rotatable bonds is 5. The second-order valence-corrected chi connectivity index (χ2v) is 8.52. The maximum absolute atomic E-state index is 13.4. The molecule has 2 aliphatic heterocycles. The fraction of sp³-hybridized carbons (Fsp3) is 0.261. The number of nitrogens with one attached hydrogen (secondary N) is 2. The molecule has 2 aliphatic rings. The highest BCUT2D eigenvalue weighted by Crippen LogP contribution is 2.49. The first kappa shape index (κ1) is 19.2. The number of hydrogen-bond donors (Lipinski definition) is 3. The number of furan rings is 1. The van der Waals surface area contributed by atoms with E-state index in [9.17, 15) is 9.90 Å². The Kier molecular flexibility index (Phi) is 5.02. The molecule has 154 valence electrons. The van der Waals surface area contributed by atoms with Crippen LogP contribution in [0.1, 0.15) is 29.0 Å². The molecular weight excluding hydrogens is 398 g/mol. The van der Waals surface area contributed by atoms with Crippen molar-refractivity contribution >= 4 is 17.7 Å². The number of thioether (sulfide) groups is 1. The average molecular weight is 422 g/mol. The maximum Gasteiger partial charge on any atom is 0.242 e. The van der Waals surface area contributed by atoms with E-state index >= 15 is 0 Å². The molecule has 3 heterocycles. The summed E-state index contributed by atoms with van der Waals surface area (Å²) in [5, 5.41) is 10.5. The van der Waals surface area contributed by atoms with E-state index in [1.54, 1.807) is 30.2 Å². The number of hydrazine groups is 1. The van der Waals surface area contributed by atoms with E-state index in [0.29, 0.717) is 6.54 Å². The van der Waals surface area contributed by atoms with Gasteiger partial charge in [0, 0.05) is 16.4 Å². The molecule has 4 atom stereocenters. The number of carbonyl (C=O) groups is 1. The largest absolute Gasteiger partial charge is 0.508 e. The van der Waals surface area contributed by atoms with Crippen LogP contribution in [0.4, 0.5) is 0 Å². The van der Waals surface area contributed by atoms with Crippen LogP contribution in [-0.4, -0.2) is 28.2 Å². The van der Waals surface area contributed by atoms with Gasteiger partial charge in [0.05, 0.1) is 24.9 Å². The zero-order chi connectivity index (χ0) is 20.7. The van der Waals surface area contributed by atoms with Crippen molar-refractivity contribution in [2.24, 2.45) is 5.92 Å². The summed E-state index contributed by atoms with van der Waals surface area (Å²) in [4.78, 5) is 16.5. The van der Waals surface area contributed by atoms with Gasteiger partial charge in [0.25, 0.3) is 0 Å². The number of fused-ring (bicyclic) bond motifs is 1. The molecule has 5 rings (SSSR count). The molecule has 7 heteroatoms. The first-order chi connectivity index (χ1) is 14.7. The van der Waals surface area contributed by atoms with Gasteiger partial charge in [0.15, 0.2) is 0 Å². The number of likely N-dealkylation sites (tertiary alicyclic amines) is 1. The van der Waals surface area contributed by atoms with Gasteiger partial charge in [-0.1, -0.05) is 30.3 Å². The molecule has 30 heavy (non-hydrogen) atoms. The normalized spacial score (nSPS) is 25.6. The number of nitrogens with zero attached hydrogens (tertiary/aromatic N) is 1. The molecule has 0 aliphatic carbocycles. The Bertz CT molecular complexity index is 1040. The third-order valence-electron chi connectivity index (χ3n) is 6.05. The van der Waals surface area contributed by atoms with E-state index in [-0.39, 0.29) is 35.7 Å².